The molecule has 0 atom stereocenters. The number of unbranched alkanes of at least 4 members (excludes halogenated alkanes) is 8. The van der Waals surface area contributed by atoms with Crippen LogP contribution in [0.15, 0.2) is 24.3 Å². The summed E-state index contributed by atoms with van der Waals surface area (Å²) in [5, 5.41) is 3.47. The summed E-state index contributed by atoms with van der Waals surface area (Å²) in [5.41, 5.74) is 1.33. The van der Waals surface area contributed by atoms with Gasteiger partial charge in [-0.05, 0) is 37.1 Å². The molecule has 0 saturated heterocycles. The van der Waals surface area contributed by atoms with E-state index in [0.29, 0.717) is 0 Å². The Hall–Kier alpha value is -1.02. The van der Waals surface area contributed by atoms with Crippen LogP contribution >= 0.6 is 0 Å². The fourth-order valence-electron chi connectivity index (χ4n) is 2.66. The topological polar surface area (TPSA) is 21.3 Å². The van der Waals surface area contributed by atoms with E-state index >= 15 is 0 Å². The van der Waals surface area contributed by atoms with Crippen molar-refractivity contribution in [2.45, 2.75) is 84.6 Å². The lowest BCUT2D eigenvalue weighted by atomic mass is 10.1. The highest BCUT2D eigenvalue weighted by atomic mass is 16.5. The van der Waals surface area contributed by atoms with Gasteiger partial charge in [0, 0.05) is 6.54 Å². The molecule has 1 N–H and O–H groups in total. The molecule has 2 heteroatoms. The van der Waals surface area contributed by atoms with Gasteiger partial charge in [-0.3, -0.25) is 0 Å². The molecule has 1 aromatic carbocycles. The first-order chi connectivity index (χ1) is 11.4. The molecule has 132 valence electrons. The van der Waals surface area contributed by atoms with E-state index in [-0.39, 0.29) is 0 Å². The molecule has 0 amide bonds. The van der Waals surface area contributed by atoms with Gasteiger partial charge in [-0.25, -0.2) is 0 Å². The van der Waals surface area contributed by atoms with E-state index in [0.717, 1.165) is 25.4 Å². The molecule has 0 unspecified atom stereocenters. The molecule has 0 fully saturated rings. The van der Waals surface area contributed by atoms with E-state index < -0.39 is 0 Å². The number of hydrogen-bond donors (Lipinski definition) is 1. The predicted octanol–water partition coefficient (Wildman–Crippen LogP) is 6.10. The molecule has 0 heterocycles. The van der Waals surface area contributed by atoms with Crippen LogP contribution < -0.4 is 10.1 Å². The Bertz CT molecular complexity index is 361. The summed E-state index contributed by atoms with van der Waals surface area (Å²) in [6.45, 7) is 7.40. The number of rotatable bonds is 15. The summed E-state index contributed by atoms with van der Waals surface area (Å²) in [4.78, 5) is 0. The summed E-state index contributed by atoms with van der Waals surface area (Å²) in [6.07, 6.45) is 13.3. The lowest BCUT2D eigenvalue weighted by Crippen LogP contribution is -2.14. The van der Waals surface area contributed by atoms with Crippen molar-refractivity contribution in [2.24, 2.45) is 0 Å². The van der Waals surface area contributed by atoms with Gasteiger partial charge < -0.3 is 10.1 Å². The van der Waals surface area contributed by atoms with E-state index in [2.05, 4.69) is 43.4 Å². The van der Waals surface area contributed by atoms with Crippen molar-refractivity contribution in [3.05, 3.63) is 29.8 Å². The van der Waals surface area contributed by atoms with Gasteiger partial charge in [-0.15, -0.1) is 0 Å². The van der Waals surface area contributed by atoms with Crippen LogP contribution in [0, 0.1) is 0 Å². The number of nitrogens with one attached hydrogen (secondary N) is 1. The van der Waals surface area contributed by atoms with Gasteiger partial charge in [0.25, 0.3) is 0 Å². The zero-order valence-electron chi connectivity index (χ0n) is 15.4. The Balaban J connectivity index is 2.00. The predicted molar refractivity (Wildman–Crippen MR) is 101 cm³/mol. The van der Waals surface area contributed by atoms with Gasteiger partial charge >= 0.3 is 0 Å². The first kappa shape index (κ1) is 20.0. The van der Waals surface area contributed by atoms with Crippen molar-refractivity contribution in [1.29, 1.82) is 0 Å². The van der Waals surface area contributed by atoms with Crippen molar-refractivity contribution in [2.75, 3.05) is 13.2 Å². The van der Waals surface area contributed by atoms with Crippen LogP contribution in [-0.4, -0.2) is 13.2 Å². The van der Waals surface area contributed by atoms with Crippen molar-refractivity contribution in [3.63, 3.8) is 0 Å². The quantitative estimate of drug-likeness (QED) is 0.395. The zero-order valence-corrected chi connectivity index (χ0v) is 15.4. The van der Waals surface area contributed by atoms with Crippen LogP contribution in [0.5, 0.6) is 5.75 Å². The van der Waals surface area contributed by atoms with Crippen LogP contribution in [-0.2, 0) is 6.54 Å². The Morgan fingerprint density at radius 1 is 0.739 bits per heavy atom. The third-order valence-electron chi connectivity index (χ3n) is 4.23. The molecule has 0 aliphatic rings. The van der Waals surface area contributed by atoms with E-state index in [1.165, 1.54) is 69.8 Å². The van der Waals surface area contributed by atoms with Crippen LogP contribution in [0.3, 0.4) is 0 Å². The highest BCUT2D eigenvalue weighted by Gasteiger charge is 1.97. The van der Waals surface area contributed by atoms with Crippen LogP contribution in [0.1, 0.15) is 83.6 Å². The lowest BCUT2D eigenvalue weighted by Gasteiger charge is -2.08. The first-order valence-corrected chi connectivity index (χ1v) is 9.79. The average molecular weight is 320 g/mol. The summed E-state index contributed by atoms with van der Waals surface area (Å²) in [7, 11) is 0. The Morgan fingerprint density at radius 2 is 1.35 bits per heavy atom. The molecule has 0 aliphatic heterocycles. The Labute approximate surface area is 144 Å². The lowest BCUT2D eigenvalue weighted by molar-refractivity contribution is 0.304. The fourth-order valence-corrected chi connectivity index (χ4v) is 2.66. The molecule has 1 aromatic rings. The summed E-state index contributed by atoms with van der Waals surface area (Å²) in [6, 6.07) is 8.53. The van der Waals surface area contributed by atoms with E-state index in [4.69, 9.17) is 4.74 Å². The Morgan fingerprint density at radius 3 is 2.00 bits per heavy atom. The van der Waals surface area contributed by atoms with Crippen LogP contribution in [0.2, 0.25) is 0 Å². The molecule has 0 aliphatic carbocycles. The van der Waals surface area contributed by atoms with Crippen molar-refractivity contribution >= 4 is 0 Å². The largest absolute Gasteiger partial charge is 0.494 e. The van der Waals surface area contributed by atoms with Crippen molar-refractivity contribution in [3.8, 4) is 5.75 Å². The maximum atomic E-state index is 5.83. The van der Waals surface area contributed by atoms with Gasteiger partial charge in [0.05, 0.1) is 6.61 Å². The van der Waals surface area contributed by atoms with Crippen LogP contribution in [0.25, 0.3) is 0 Å². The maximum Gasteiger partial charge on any atom is 0.119 e. The number of ether oxygens (including phenoxy) is 1. The van der Waals surface area contributed by atoms with Gasteiger partial charge in [0.15, 0.2) is 0 Å². The normalized spacial score (nSPS) is 10.9. The summed E-state index contributed by atoms with van der Waals surface area (Å²) >= 11 is 0. The summed E-state index contributed by atoms with van der Waals surface area (Å²) in [5.74, 6) is 1.00. The van der Waals surface area contributed by atoms with Gasteiger partial charge in [0.2, 0.25) is 0 Å². The van der Waals surface area contributed by atoms with Crippen molar-refractivity contribution < 1.29 is 4.74 Å². The molecule has 0 saturated carbocycles. The summed E-state index contributed by atoms with van der Waals surface area (Å²) < 4.78 is 5.83. The van der Waals surface area contributed by atoms with Crippen molar-refractivity contribution in [1.82, 2.24) is 5.32 Å². The third-order valence-corrected chi connectivity index (χ3v) is 4.23. The molecular weight excluding hydrogens is 282 g/mol. The number of benzene rings is 1. The fraction of sp³-hybridized carbons (Fsp3) is 0.714. The first-order valence-electron chi connectivity index (χ1n) is 9.79. The average Bonchev–Trinajstić information content (AvgIpc) is 2.58. The molecule has 1 rings (SSSR count). The third kappa shape index (κ3) is 11.2. The van der Waals surface area contributed by atoms with E-state index in [1.807, 2.05) is 0 Å². The van der Waals surface area contributed by atoms with Crippen LogP contribution in [0.4, 0.5) is 0 Å². The molecular formula is C21H37NO. The van der Waals surface area contributed by atoms with Gasteiger partial charge in [-0.1, -0.05) is 77.3 Å². The molecule has 0 radical (unpaired) electrons. The zero-order chi connectivity index (χ0) is 16.6. The minimum Gasteiger partial charge on any atom is -0.494 e. The smallest absolute Gasteiger partial charge is 0.119 e. The monoisotopic (exact) mass is 319 g/mol. The van der Waals surface area contributed by atoms with Gasteiger partial charge in [0.1, 0.15) is 5.75 Å². The SMILES string of the molecule is CCCCCCCCCCOc1ccc(CNCCCC)cc1. The second-order valence-corrected chi connectivity index (χ2v) is 6.50. The number of hydrogen-bond acceptors (Lipinski definition) is 2. The molecule has 0 bridgehead atoms. The molecule has 0 spiro atoms. The maximum absolute atomic E-state index is 5.83. The molecule has 2 nitrogen and oxygen atoms in total. The van der Waals surface area contributed by atoms with E-state index in [1.54, 1.807) is 0 Å². The molecule has 23 heavy (non-hydrogen) atoms. The second kappa shape index (κ2) is 14.6. The standard InChI is InChI=1S/C21H37NO/c1-3-5-7-8-9-10-11-12-18-23-21-15-13-20(14-16-21)19-22-17-6-4-2/h13-16,22H,3-12,17-19H2,1-2H3. The highest BCUT2D eigenvalue weighted by Crippen LogP contribution is 2.13. The van der Waals surface area contributed by atoms with Gasteiger partial charge in [-0.2, -0.15) is 0 Å². The minimum absolute atomic E-state index is 0.850. The van der Waals surface area contributed by atoms with E-state index in [9.17, 15) is 0 Å². The minimum atomic E-state index is 0.850. The Kier molecular flexibility index (Phi) is 12.7. The highest BCUT2D eigenvalue weighted by molar-refractivity contribution is 5.27. The second-order valence-electron chi connectivity index (χ2n) is 6.50. The molecule has 0 aromatic heterocycles.